The minimum atomic E-state index is -2.88. The molecular formula is C25H19F4N7O3S. The minimum Gasteiger partial charge on any atom is -0.479 e. The molecule has 0 saturated carbocycles. The average Bonchev–Trinajstić information content (AvgIpc) is 3.51. The lowest BCUT2D eigenvalue weighted by atomic mass is 10.0. The van der Waals surface area contributed by atoms with E-state index < -0.39 is 30.4 Å². The highest BCUT2D eigenvalue weighted by Crippen LogP contribution is 2.35. The summed E-state index contributed by atoms with van der Waals surface area (Å²) in [6, 6.07) is 5.07. The number of halogens is 4. The number of carbonyl (C=O) groups excluding carboxylic acids is 2. The lowest BCUT2D eigenvalue weighted by molar-refractivity contribution is 0.0744. The molecule has 2 amide bonds. The highest BCUT2D eigenvalue weighted by Gasteiger charge is 2.30. The molecule has 0 spiro atoms. The summed E-state index contributed by atoms with van der Waals surface area (Å²) in [5, 5.41) is 10.1. The fraction of sp³-hybridized carbons (Fsp3) is 0.240. The van der Waals surface area contributed by atoms with Crippen LogP contribution in [-0.4, -0.2) is 49.0 Å². The number of thiazole rings is 1. The number of carbonyl (C=O) groups is 2. The lowest BCUT2D eigenvalue weighted by Crippen LogP contribution is -2.26. The smallest absolute Gasteiger partial charge is 0.282 e. The summed E-state index contributed by atoms with van der Waals surface area (Å²) in [5.41, 5.74) is 0.763. The minimum absolute atomic E-state index is 0.0310. The van der Waals surface area contributed by atoms with E-state index in [1.165, 1.54) is 24.3 Å². The number of aryl methyl sites for hydroxylation is 1. The Bertz CT molecular complexity index is 1570. The Balaban J connectivity index is 1.34. The molecule has 4 aromatic rings. The third-order valence-corrected chi connectivity index (χ3v) is 6.99. The number of methoxy groups -OCH3 is 1. The number of anilines is 1. The highest BCUT2D eigenvalue weighted by atomic mass is 32.1. The van der Waals surface area contributed by atoms with Gasteiger partial charge in [0.25, 0.3) is 24.7 Å². The van der Waals surface area contributed by atoms with E-state index in [0.717, 1.165) is 34.5 Å². The number of nitrogens with one attached hydrogen (secondary N) is 1. The molecule has 0 unspecified atom stereocenters. The van der Waals surface area contributed by atoms with Gasteiger partial charge in [-0.2, -0.15) is 0 Å². The molecule has 10 nitrogen and oxygen atoms in total. The number of ether oxygens (including phenoxy) is 1. The molecule has 1 N–H and O–H groups in total. The Morgan fingerprint density at radius 1 is 1.02 bits per heavy atom. The van der Waals surface area contributed by atoms with E-state index in [2.05, 4.69) is 30.5 Å². The lowest BCUT2D eigenvalue weighted by Gasteiger charge is -2.15. The molecule has 0 aromatic carbocycles. The van der Waals surface area contributed by atoms with Crippen LogP contribution < -0.4 is 10.1 Å². The van der Waals surface area contributed by atoms with Crippen molar-refractivity contribution >= 4 is 28.3 Å². The molecular weight excluding hydrogens is 554 g/mol. The maximum absolute atomic E-state index is 13.3. The number of nitrogens with zero attached hydrogens (tertiary/aromatic N) is 6. The molecule has 1 aliphatic rings. The fourth-order valence-electron chi connectivity index (χ4n) is 4.03. The van der Waals surface area contributed by atoms with Crippen molar-refractivity contribution in [3.8, 4) is 17.0 Å². The number of hydrogen-bond donors (Lipinski definition) is 1. The first-order valence-corrected chi connectivity index (χ1v) is 12.5. The summed E-state index contributed by atoms with van der Waals surface area (Å²) in [6.07, 6.45) is -3.28. The molecule has 206 valence electrons. The zero-order chi connectivity index (χ0) is 28.6. The van der Waals surface area contributed by atoms with E-state index in [4.69, 9.17) is 4.74 Å². The molecule has 5 rings (SSSR count). The Morgan fingerprint density at radius 3 is 2.48 bits per heavy atom. The summed E-state index contributed by atoms with van der Waals surface area (Å²) >= 11 is 1.16. The van der Waals surface area contributed by atoms with Gasteiger partial charge >= 0.3 is 0 Å². The number of pyridine rings is 2. The Hall–Kier alpha value is -4.53. The molecule has 0 bridgehead atoms. The van der Waals surface area contributed by atoms with Gasteiger partial charge in [-0.05, 0) is 31.2 Å². The van der Waals surface area contributed by atoms with Crippen LogP contribution in [0.5, 0.6) is 5.88 Å². The normalized spacial score (nSPS) is 12.7. The van der Waals surface area contributed by atoms with Crippen molar-refractivity contribution in [3.05, 3.63) is 75.4 Å². The van der Waals surface area contributed by atoms with Gasteiger partial charge in [0.15, 0.2) is 5.13 Å². The molecule has 0 aliphatic carbocycles. The van der Waals surface area contributed by atoms with Gasteiger partial charge < -0.3 is 9.64 Å². The zero-order valence-electron chi connectivity index (χ0n) is 20.9. The monoisotopic (exact) mass is 573 g/mol. The molecule has 15 heteroatoms. The number of amides is 2. The van der Waals surface area contributed by atoms with Gasteiger partial charge in [-0.25, -0.2) is 22.5 Å². The molecule has 0 fully saturated rings. The Labute approximate surface area is 228 Å². The van der Waals surface area contributed by atoms with E-state index in [1.807, 2.05) is 0 Å². The predicted molar refractivity (Wildman–Crippen MR) is 134 cm³/mol. The van der Waals surface area contributed by atoms with E-state index in [1.54, 1.807) is 13.0 Å². The first kappa shape index (κ1) is 27.1. The zero-order valence-corrected chi connectivity index (χ0v) is 21.7. The van der Waals surface area contributed by atoms with E-state index >= 15 is 0 Å². The van der Waals surface area contributed by atoms with Crippen molar-refractivity contribution in [1.82, 2.24) is 30.0 Å². The maximum atomic E-state index is 13.3. The Kier molecular flexibility index (Phi) is 7.38. The fourth-order valence-corrected chi connectivity index (χ4v) is 5.02. The SMILES string of the molecule is COc1nnc(C(F)F)cc1-c1cc(C)ncc1C(=O)Nc1nc2c(s1)CN(C(=O)c1ccc(C(F)F)cn1)C2. The van der Waals surface area contributed by atoms with E-state index in [-0.39, 0.29) is 52.0 Å². The molecule has 0 atom stereocenters. The molecule has 0 saturated heterocycles. The highest BCUT2D eigenvalue weighted by molar-refractivity contribution is 7.16. The second-order valence-corrected chi connectivity index (χ2v) is 9.73. The second kappa shape index (κ2) is 10.9. The Morgan fingerprint density at radius 2 is 1.82 bits per heavy atom. The third kappa shape index (κ3) is 5.32. The number of aromatic nitrogens is 5. The van der Waals surface area contributed by atoms with Gasteiger partial charge in [0.05, 0.1) is 36.3 Å². The van der Waals surface area contributed by atoms with Crippen LogP contribution in [0.4, 0.5) is 22.7 Å². The maximum Gasteiger partial charge on any atom is 0.282 e. The van der Waals surface area contributed by atoms with Gasteiger partial charge in [-0.1, -0.05) is 11.3 Å². The van der Waals surface area contributed by atoms with Crippen LogP contribution in [0.15, 0.2) is 36.7 Å². The number of fused-ring (bicyclic) bond motifs is 1. The van der Waals surface area contributed by atoms with E-state index in [9.17, 15) is 27.2 Å². The molecule has 40 heavy (non-hydrogen) atoms. The van der Waals surface area contributed by atoms with Crippen molar-refractivity contribution in [1.29, 1.82) is 0 Å². The summed E-state index contributed by atoms with van der Waals surface area (Å²) in [5.74, 6) is -1.07. The molecule has 1 aliphatic heterocycles. The topological polar surface area (TPSA) is 123 Å². The van der Waals surface area contributed by atoms with Crippen molar-refractivity contribution < 1.29 is 31.9 Å². The largest absolute Gasteiger partial charge is 0.479 e. The number of alkyl halides is 4. The molecule has 4 aromatic heterocycles. The molecule has 5 heterocycles. The van der Waals surface area contributed by atoms with Crippen molar-refractivity contribution in [3.63, 3.8) is 0 Å². The van der Waals surface area contributed by atoms with Gasteiger partial charge in [0, 0.05) is 34.8 Å². The summed E-state index contributed by atoms with van der Waals surface area (Å²) in [6.45, 7) is 2.03. The first-order valence-electron chi connectivity index (χ1n) is 11.6. The quantitative estimate of drug-likeness (QED) is 0.307. The van der Waals surface area contributed by atoms with Crippen molar-refractivity contribution in [2.45, 2.75) is 32.9 Å². The van der Waals surface area contributed by atoms with Gasteiger partial charge in [-0.15, -0.1) is 10.2 Å². The van der Waals surface area contributed by atoms with Crippen LogP contribution in [0.25, 0.3) is 11.1 Å². The molecule has 0 radical (unpaired) electrons. The van der Waals surface area contributed by atoms with Crippen molar-refractivity contribution in [2.75, 3.05) is 12.4 Å². The summed E-state index contributed by atoms with van der Waals surface area (Å²) in [4.78, 5) is 40.7. The van der Waals surface area contributed by atoms with Crippen LogP contribution in [0.3, 0.4) is 0 Å². The predicted octanol–water partition coefficient (Wildman–Crippen LogP) is 4.99. The van der Waals surface area contributed by atoms with Crippen LogP contribution in [0.2, 0.25) is 0 Å². The summed E-state index contributed by atoms with van der Waals surface area (Å²) in [7, 11) is 1.31. The van der Waals surface area contributed by atoms with E-state index in [0.29, 0.717) is 11.4 Å². The van der Waals surface area contributed by atoms with Crippen LogP contribution in [0, 0.1) is 6.92 Å². The number of hydrogen-bond acceptors (Lipinski definition) is 9. The second-order valence-electron chi connectivity index (χ2n) is 8.65. The third-order valence-electron chi connectivity index (χ3n) is 5.99. The summed E-state index contributed by atoms with van der Waals surface area (Å²) < 4.78 is 57.4. The van der Waals surface area contributed by atoms with Crippen LogP contribution in [-0.2, 0) is 13.1 Å². The average molecular weight is 574 g/mol. The van der Waals surface area contributed by atoms with Gasteiger partial charge in [-0.3, -0.25) is 24.9 Å². The van der Waals surface area contributed by atoms with Crippen LogP contribution >= 0.6 is 11.3 Å². The standard InChI is InChI=1S/C25H19F4N7O3S/c1-11-5-13(14-6-17(21(28)29)34-35-23(14)39-2)15(8-30-11)22(37)33-25-32-18-9-36(10-19(18)40-25)24(38)16-4-3-12(7-31-16)20(26)27/h3-8,20-21H,9-10H2,1-2H3,(H,32,33,37). The first-order chi connectivity index (χ1) is 19.1. The van der Waals surface area contributed by atoms with Crippen molar-refractivity contribution in [2.24, 2.45) is 0 Å². The van der Waals surface area contributed by atoms with Gasteiger partial charge in [0.2, 0.25) is 5.88 Å². The number of rotatable bonds is 7. The van der Waals surface area contributed by atoms with Crippen LogP contribution in [0.1, 0.15) is 61.2 Å². The van der Waals surface area contributed by atoms with Gasteiger partial charge in [0.1, 0.15) is 11.4 Å².